The van der Waals surface area contributed by atoms with Crippen molar-refractivity contribution in [1.29, 1.82) is 0 Å². The van der Waals surface area contributed by atoms with E-state index in [1.165, 1.54) is 11.3 Å². The summed E-state index contributed by atoms with van der Waals surface area (Å²) in [6.45, 7) is 10.7. The predicted molar refractivity (Wildman–Crippen MR) is 68.3 cm³/mol. The van der Waals surface area contributed by atoms with Crippen LogP contribution in [0, 0.1) is 31.6 Å². The lowest BCUT2D eigenvalue weighted by molar-refractivity contribution is 0.602. The van der Waals surface area contributed by atoms with Crippen molar-refractivity contribution in [2.24, 2.45) is 13.0 Å². The Bertz CT molecular complexity index is 418. The van der Waals surface area contributed by atoms with Gasteiger partial charge in [-0.25, -0.2) is 0 Å². The largest absolute Gasteiger partial charge is 0.272 e. The van der Waals surface area contributed by atoms with E-state index in [2.05, 4.69) is 51.6 Å². The molecular formula is C14H22N2. The molecule has 0 aromatic carbocycles. The van der Waals surface area contributed by atoms with Gasteiger partial charge >= 0.3 is 0 Å². The lowest BCUT2D eigenvalue weighted by Gasteiger charge is -2.15. The second-order valence-corrected chi connectivity index (χ2v) is 4.46. The molecule has 1 rings (SSSR count). The summed E-state index contributed by atoms with van der Waals surface area (Å²) in [5.41, 5.74) is 3.76. The van der Waals surface area contributed by atoms with Crippen molar-refractivity contribution in [3.8, 4) is 11.8 Å². The minimum atomic E-state index is 0.390. The van der Waals surface area contributed by atoms with Gasteiger partial charge in [-0.2, -0.15) is 5.10 Å². The Morgan fingerprint density at radius 1 is 1.31 bits per heavy atom. The van der Waals surface area contributed by atoms with Gasteiger partial charge < -0.3 is 0 Å². The quantitative estimate of drug-likeness (QED) is 0.697. The molecule has 0 radical (unpaired) electrons. The van der Waals surface area contributed by atoms with E-state index in [4.69, 9.17) is 0 Å². The number of hydrogen-bond donors (Lipinski definition) is 0. The zero-order valence-electron chi connectivity index (χ0n) is 11.3. The molecule has 2 heteroatoms. The maximum absolute atomic E-state index is 4.46. The van der Waals surface area contributed by atoms with E-state index in [1.807, 2.05) is 11.7 Å². The Morgan fingerprint density at radius 3 is 2.38 bits per heavy atom. The first-order valence-electron chi connectivity index (χ1n) is 5.97. The second kappa shape index (κ2) is 5.21. The highest BCUT2D eigenvalue weighted by Gasteiger charge is 2.20. The average Bonchev–Trinajstić information content (AvgIpc) is 2.49. The van der Waals surface area contributed by atoms with Crippen LogP contribution in [0.2, 0.25) is 0 Å². The number of aryl methyl sites for hydroxylation is 2. The van der Waals surface area contributed by atoms with E-state index in [1.54, 1.807) is 0 Å². The van der Waals surface area contributed by atoms with Crippen LogP contribution in [0.15, 0.2) is 0 Å². The molecule has 1 aromatic heterocycles. The molecule has 2 nitrogen and oxygen atoms in total. The molecule has 0 saturated heterocycles. The first kappa shape index (κ1) is 12.8. The molecule has 0 amide bonds. The summed E-state index contributed by atoms with van der Waals surface area (Å²) >= 11 is 0. The highest BCUT2D eigenvalue weighted by atomic mass is 15.3. The normalized spacial score (nSPS) is 14.1. The molecule has 0 spiro atoms. The van der Waals surface area contributed by atoms with Crippen molar-refractivity contribution >= 4 is 0 Å². The van der Waals surface area contributed by atoms with Gasteiger partial charge in [0.2, 0.25) is 0 Å². The van der Waals surface area contributed by atoms with Gasteiger partial charge in [0.05, 0.1) is 5.69 Å². The van der Waals surface area contributed by atoms with Gasteiger partial charge in [0.1, 0.15) is 0 Å². The van der Waals surface area contributed by atoms with Gasteiger partial charge in [0.15, 0.2) is 0 Å². The fourth-order valence-corrected chi connectivity index (χ4v) is 2.09. The molecule has 0 saturated carbocycles. The summed E-state index contributed by atoms with van der Waals surface area (Å²) in [6.07, 6.45) is 0.933. The molecule has 2 unspecified atom stereocenters. The number of aromatic nitrogens is 2. The van der Waals surface area contributed by atoms with E-state index in [9.17, 15) is 0 Å². The van der Waals surface area contributed by atoms with Crippen LogP contribution in [0.3, 0.4) is 0 Å². The third-order valence-electron chi connectivity index (χ3n) is 3.28. The van der Waals surface area contributed by atoms with Crippen molar-refractivity contribution in [3.05, 3.63) is 17.0 Å². The monoisotopic (exact) mass is 218 g/mol. The Balaban J connectivity index is 3.00. The van der Waals surface area contributed by atoms with Crippen LogP contribution < -0.4 is 0 Å². The first-order valence-corrected chi connectivity index (χ1v) is 5.97. The van der Waals surface area contributed by atoms with Crippen LogP contribution in [0.5, 0.6) is 0 Å². The van der Waals surface area contributed by atoms with E-state index in [0.717, 1.165) is 12.1 Å². The SMILES string of the molecule is CCC#CC(C)C(C)c1c(C)nn(C)c1C. The maximum Gasteiger partial charge on any atom is 0.0631 e. The maximum atomic E-state index is 4.46. The zero-order valence-corrected chi connectivity index (χ0v) is 11.3. The third-order valence-corrected chi connectivity index (χ3v) is 3.28. The van der Waals surface area contributed by atoms with Gasteiger partial charge in [0, 0.05) is 25.1 Å². The molecular weight excluding hydrogens is 196 g/mol. The highest BCUT2D eigenvalue weighted by molar-refractivity contribution is 5.30. The lowest BCUT2D eigenvalue weighted by Crippen LogP contribution is -2.06. The fourth-order valence-electron chi connectivity index (χ4n) is 2.09. The van der Waals surface area contributed by atoms with Crippen molar-refractivity contribution in [3.63, 3.8) is 0 Å². The fraction of sp³-hybridized carbons (Fsp3) is 0.643. The number of hydrogen-bond acceptors (Lipinski definition) is 1. The molecule has 0 aliphatic heterocycles. The van der Waals surface area contributed by atoms with E-state index in [-0.39, 0.29) is 0 Å². The Hall–Kier alpha value is -1.23. The molecule has 2 atom stereocenters. The molecule has 0 fully saturated rings. The molecule has 1 heterocycles. The van der Waals surface area contributed by atoms with Gasteiger partial charge in [-0.05, 0) is 25.3 Å². The smallest absolute Gasteiger partial charge is 0.0631 e. The van der Waals surface area contributed by atoms with Crippen LogP contribution in [0.25, 0.3) is 0 Å². The van der Waals surface area contributed by atoms with Crippen molar-refractivity contribution in [2.75, 3.05) is 0 Å². The Labute approximate surface area is 99.1 Å². The summed E-state index contributed by atoms with van der Waals surface area (Å²) in [5, 5.41) is 4.46. The van der Waals surface area contributed by atoms with E-state index < -0.39 is 0 Å². The van der Waals surface area contributed by atoms with Gasteiger partial charge in [-0.15, -0.1) is 5.92 Å². The van der Waals surface area contributed by atoms with Crippen LogP contribution >= 0.6 is 0 Å². The summed E-state index contributed by atoms with van der Waals surface area (Å²) in [4.78, 5) is 0. The van der Waals surface area contributed by atoms with Gasteiger partial charge in [-0.1, -0.05) is 26.7 Å². The summed E-state index contributed by atoms with van der Waals surface area (Å²) in [6, 6.07) is 0. The molecule has 0 N–H and O–H groups in total. The molecule has 1 aromatic rings. The van der Waals surface area contributed by atoms with E-state index in [0.29, 0.717) is 11.8 Å². The Kier molecular flexibility index (Phi) is 4.18. The lowest BCUT2D eigenvalue weighted by atomic mass is 9.88. The van der Waals surface area contributed by atoms with Crippen molar-refractivity contribution < 1.29 is 0 Å². The molecule has 0 bridgehead atoms. The third kappa shape index (κ3) is 2.47. The topological polar surface area (TPSA) is 17.8 Å². The molecule has 0 aliphatic rings. The number of rotatable bonds is 2. The van der Waals surface area contributed by atoms with Crippen molar-refractivity contribution in [2.45, 2.75) is 47.0 Å². The second-order valence-electron chi connectivity index (χ2n) is 4.46. The zero-order chi connectivity index (χ0) is 12.3. The van der Waals surface area contributed by atoms with Gasteiger partial charge in [0.25, 0.3) is 0 Å². The minimum Gasteiger partial charge on any atom is -0.272 e. The predicted octanol–water partition coefficient (Wildman–Crippen LogP) is 3.19. The summed E-state index contributed by atoms with van der Waals surface area (Å²) < 4.78 is 1.96. The number of nitrogens with zero attached hydrogens (tertiary/aromatic N) is 2. The standard InChI is InChI=1S/C14H22N2/c1-7-8-9-10(2)11(3)14-12(4)15-16(6)13(14)5/h10-11H,7H2,1-6H3. The van der Waals surface area contributed by atoms with E-state index >= 15 is 0 Å². The summed E-state index contributed by atoms with van der Waals surface area (Å²) in [7, 11) is 2.00. The van der Waals surface area contributed by atoms with Crippen molar-refractivity contribution in [1.82, 2.24) is 9.78 Å². The van der Waals surface area contributed by atoms with Crippen LogP contribution in [0.4, 0.5) is 0 Å². The highest BCUT2D eigenvalue weighted by Crippen LogP contribution is 2.28. The minimum absolute atomic E-state index is 0.390. The summed E-state index contributed by atoms with van der Waals surface area (Å²) in [5.74, 6) is 7.32. The molecule has 88 valence electrons. The van der Waals surface area contributed by atoms with Crippen LogP contribution in [-0.2, 0) is 7.05 Å². The Morgan fingerprint density at radius 2 is 1.94 bits per heavy atom. The average molecular weight is 218 g/mol. The molecule has 16 heavy (non-hydrogen) atoms. The van der Waals surface area contributed by atoms with Gasteiger partial charge in [-0.3, -0.25) is 4.68 Å². The molecule has 0 aliphatic carbocycles. The van der Waals surface area contributed by atoms with Crippen LogP contribution in [0.1, 0.15) is 50.1 Å². The van der Waals surface area contributed by atoms with Crippen LogP contribution in [-0.4, -0.2) is 9.78 Å². The first-order chi connectivity index (χ1) is 7.49.